The van der Waals surface area contributed by atoms with Gasteiger partial charge in [0.25, 0.3) is 0 Å². The molecule has 1 amide bonds. The van der Waals surface area contributed by atoms with Gasteiger partial charge in [0.05, 0.1) is 17.7 Å². The number of anilines is 1. The number of fused-ring (bicyclic) bond motifs is 1. The molecule has 1 atom stereocenters. The fourth-order valence-electron chi connectivity index (χ4n) is 4.34. The molecule has 2 aliphatic rings. The van der Waals surface area contributed by atoms with Crippen molar-refractivity contribution in [3.63, 3.8) is 0 Å². The van der Waals surface area contributed by atoms with Gasteiger partial charge in [0, 0.05) is 19.0 Å². The van der Waals surface area contributed by atoms with E-state index in [2.05, 4.69) is 16.9 Å². The smallest absolute Gasteiger partial charge is 0.241 e. The largest absolute Gasteiger partial charge is 0.495 e. The Balaban J connectivity index is 1.59. The highest BCUT2D eigenvalue weighted by molar-refractivity contribution is 7.89. The third-order valence-electron chi connectivity index (χ3n) is 6.03. The van der Waals surface area contributed by atoms with Crippen LogP contribution in [0.15, 0.2) is 41.3 Å². The van der Waals surface area contributed by atoms with E-state index in [1.807, 2.05) is 13.0 Å². The third kappa shape index (κ3) is 4.09. The molecular formula is C23H28N2O4S. The van der Waals surface area contributed by atoms with Gasteiger partial charge in [-0.15, -0.1) is 0 Å². The summed E-state index contributed by atoms with van der Waals surface area (Å²) in [5, 5.41) is 0. The Morgan fingerprint density at radius 2 is 1.77 bits per heavy atom. The van der Waals surface area contributed by atoms with Crippen LogP contribution in [0.3, 0.4) is 0 Å². The second-order valence-corrected chi connectivity index (χ2v) is 9.77. The molecule has 2 aromatic rings. The Kier molecular flexibility index (Phi) is 5.84. The van der Waals surface area contributed by atoms with Crippen molar-refractivity contribution in [1.82, 2.24) is 4.72 Å². The van der Waals surface area contributed by atoms with Crippen LogP contribution in [-0.4, -0.2) is 28.0 Å². The minimum Gasteiger partial charge on any atom is -0.495 e. The zero-order chi connectivity index (χ0) is 21.3. The van der Waals surface area contributed by atoms with Crippen LogP contribution in [0.1, 0.15) is 55.3 Å². The highest BCUT2D eigenvalue weighted by atomic mass is 32.2. The average molecular weight is 429 g/mol. The first-order valence-corrected chi connectivity index (χ1v) is 12.0. The molecule has 1 aliphatic heterocycles. The molecule has 0 unspecified atom stereocenters. The molecule has 0 bridgehead atoms. The van der Waals surface area contributed by atoms with E-state index in [4.69, 9.17) is 4.74 Å². The minimum absolute atomic E-state index is 0.0155. The molecule has 0 radical (unpaired) electrons. The van der Waals surface area contributed by atoms with Crippen LogP contribution in [0.4, 0.5) is 5.69 Å². The number of aryl methyl sites for hydroxylation is 2. The molecular weight excluding hydrogens is 400 g/mol. The Morgan fingerprint density at radius 3 is 2.47 bits per heavy atom. The number of carbonyl (C=O) groups excluding carboxylic acids is 1. The van der Waals surface area contributed by atoms with Crippen LogP contribution in [0.25, 0.3) is 0 Å². The summed E-state index contributed by atoms with van der Waals surface area (Å²) >= 11 is 0. The Bertz CT molecular complexity index is 1060. The minimum atomic E-state index is -3.77. The Morgan fingerprint density at radius 1 is 1.00 bits per heavy atom. The van der Waals surface area contributed by atoms with Crippen LogP contribution in [0.2, 0.25) is 0 Å². The number of hydrogen-bond acceptors (Lipinski definition) is 4. The molecule has 1 saturated heterocycles. The summed E-state index contributed by atoms with van der Waals surface area (Å²) in [4.78, 5) is 13.9. The normalized spacial score (nSPS) is 17.7. The topological polar surface area (TPSA) is 75.7 Å². The Hall–Kier alpha value is -2.38. The number of benzene rings is 2. The van der Waals surface area contributed by atoms with Gasteiger partial charge in [-0.2, -0.15) is 0 Å². The maximum absolute atomic E-state index is 13.1. The van der Waals surface area contributed by atoms with Crippen molar-refractivity contribution in [2.24, 2.45) is 0 Å². The van der Waals surface area contributed by atoms with Gasteiger partial charge in [0.2, 0.25) is 15.9 Å². The average Bonchev–Trinajstić information content (AvgIpc) is 3.18. The number of nitrogens with zero attached hydrogens (tertiary/aromatic N) is 1. The first-order valence-electron chi connectivity index (χ1n) is 10.5. The summed E-state index contributed by atoms with van der Waals surface area (Å²) in [6, 6.07) is 10.6. The summed E-state index contributed by atoms with van der Waals surface area (Å²) in [6.45, 7) is 2.42. The molecule has 30 heavy (non-hydrogen) atoms. The molecule has 4 rings (SSSR count). The van der Waals surface area contributed by atoms with E-state index in [1.165, 1.54) is 43.2 Å². The number of rotatable bonds is 6. The molecule has 1 heterocycles. The number of hydrogen-bond donors (Lipinski definition) is 1. The van der Waals surface area contributed by atoms with Crippen molar-refractivity contribution in [3.05, 3.63) is 53.1 Å². The highest BCUT2D eigenvalue weighted by Crippen LogP contribution is 2.34. The van der Waals surface area contributed by atoms with Crippen molar-refractivity contribution in [2.75, 3.05) is 18.6 Å². The molecule has 0 aromatic heterocycles. The number of carbonyl (C=O) groups is 1. The predicted molar refractivity (Wildman–Crippen MR) is 116 cm³/mol. The van der Waals surface area contributed by atoms with E-state index in [9.17, 15) is 13.2 Å². The van der Waals surface area contributed by atoms with Crippen molar-refractivity contribution in [2.45, 2.75) is 56.4 Å². The zero-order valence-electron chi connectivity index (χ0n) is 17.5. The lowest BCUT2D eigenvalue weighted by Crippen LogP contribution is -2.28. The van der Waals surface area contributed by atoms with Gasteiger partial charge >= 0.3 is 0 Å². The quantitative estimate of drug-likeness (QED) is 0.761. The van der Waals surface area contributed by atoms with Gasteiger partial charge in [-0.25, -0.2) is 13.1 Å². The zero-order valence-corrected chi connectivity index (χ0v) is 18.3. The van der Waals surface area contributed by atoms with Crippen LogP contribution >= 0.6 is 0 Å². The third-order valence-corrected chi connectivity index (χ3v) is 7.57. The summed E-state index contributed by atoms with van der Waals surface area (Å²) in [5.74, 6) is 0.477. The summed E-state index contributed by atoms with van der Waals surface area (Å²) in [7, 11) is -2.25. The Labute approximate surface area is 178 Å². The lowest BCUT2D eigenvalue weighted by Gasteiger charge is -2.22. The number of amides is 1. The lowest BCUT2D eigenvalue weighted by atomic mass is 9.89. The van der Waals surface area contributed by atoms with Crippen LogP contribution in [0.5, 0.6) is 5.75 Å². The van der Waals surface area contributed by atoms with Crippen molar-refractivity contribution in [3.8, 4) is 5.75 Å². The van der Waals surface area contributed by atoms with E-state index in [-0.39, 0.29) is 16.8 Å². The molecule has 160 valence electrons. The van der Waals surface area contributed by atoms with Crippen LogP contribution < -0.4 is 14.4 Å². The maximum atomic E-state index is 13.1. The molecule has 1 aliphatic carbocycles. The fourth-order valence-corrected chi connectivity index (χ4v) is 5.59. The first-order chi connectivity index (χ1) is 14.4. The molecule has 7 heteroatoms. The van der Waals surface area contributed by atoms with Gasteiger partial charge in [-0.05, 0) is 73.9 Å². The fraction of sp³-hybridized carbons (Fsp3) is 0.435. The van der Waals surface area contributed by atoms with Crippen LogP contribution in [-0.2, 0) is 27.7 Å². The van der Waals surface area contributed by atoms with E-state index in [0.717, 1.165) is 24.8 Å². The summed E-state index contributed by atoms with van der Waals surface area (Å²) in [6.07, 6.45) is 5.77. The van der Waals surface area contributed by atoms with Crippen LogP contribution in [0, 0.1) is 0 Å². The highest BCUT2D eigenvalue weighted by Gasteiger charge is 2.27. The lowest BCUT2D eigenvalue weighted by molar-refractivity contribution is -0.117. The number of nitrogens with one attached hydrogen (secondary N) is 1. The first kappa shape index (κ1) is 20.9. The van der Waals surface area contributed by atoms with Gasteiger partial charge < -0.3 is 9.64 Å². The number of ether oxygens (including phenoxy) is 1. The van der Waals surface area contributed by atoms with E-state index in [0.29, 0.717) is 24.4 Å². The van der Waals surface area contributed by atoms with E-state index in [1.54, 1.807) is 11.0 Å². The molecule has 1 fully saturated rings. The van der Waals surface area contributed by atoms with Gasteiger partial charge in [0.1, 0.15) is 5.75 Å². The summed E-state index contributed by atoms with van der Waals surface area (Å²) < 4.78 is 34.4. The second kappa shape index (κ2) is 8.40. The molecule has 2 aromatic carbocycles. The van der Waals surface area contributed by atoms with Gasteiger partial charge in [-0.3, -0.25) is 4.79 Å². The van der Waals surface area contributed by atoms with Crippen molar-refractivity contribution >= 4 is 21.6 Å². The van der Waals surface area contributed by atoms with Gasteiger partial charge in [-0.1, -0.05) is 18.2 Å². The van der Waals surface area contributed by atoms with E-state index >= 15 is 0 Å². The molecule has 1 N–H and O–H groups in total. The monoisotopic (exact) mass is 428 g/mol. The van der Waals surface area contributed by atoms with E-state index < -0.39 is 10.0 Å². The summed E-state index contributed by atoms with van der Waals surface area (Å²) in [5.41, 5.74) is 4.16. The predicted octanol–water partition coefficient (Wildman–Crippen LogP) is 3.74. The molecule has 0 saturated carbocycles. The SMILES string of the molecule is COc1ccc(S(=O)(=O)N[C@H](C)c2ccc3c(c2)CCCC3)cc1N1CCCC1=O. The number of methoxy groups -OCH3 is 1. The molecule has 6 nitrogen and oxygen atoms in total. The second-order valence-electron chi connectivity index (χ2n) is 8.06. The molecule has 0 spiro atoms. The van der Waals surface area contributed by atoms with Crippen molar-refractivity contribution < 1.29 is 17.9 Å². The number of sulfonamides is 1. The maximum Gasteiger partial charge on any atom is 0.241 e. The standard InChI is InChI=1S/C23H28N2O4S/c1-16(18-10-9-17-6-3-4-7-19(17)14-18)24-30(27,28)20-11-12-22(29-2)21(15-20)25-13-5-8-23(25)26/h9-12,14-16,24H,3-8,13H2,1-2H3/t16-/m1/s1. The van der Waals surface area contributed by atoms with Gasteiger partial charge in [0.15, 0.2) is 0 Å². The van der Waals surface area contributed by atoms with Crippen molar-refractivity contribution in [1.29, 1.82) is 0 Å².